The molecule has 1 heteroatoms. The normalized spacial score (nSPS) is 12.3. The van der Waals surface area contributed by atoms with Crippen molar-refractivity contribution in [1.82, 2.24) is 0 Å². The van der Waals surface area contributed by atoms with Crippen molar-refractivity contribution < 1.29 is 4.79 Å². The van der Waals surface area contributed by atoms with Crippen molar-refractivity contribution in [2.45, 2.75) is 33.6 Å². The molecule has 0 bridgehead atoms. The molecule has 0 aromatic heterocycles. The molecule has 0 aliphatic heterocycles. The van der Waals surface area contributed by atoms with E-state index in [1.807, 2.05) is 13.8 Å². The standard InChI is InChI=1S/C9H16O/c1-4-5-6-7-9(2,3)8-10/h5-6,8H,4,7H2,1-3H3. The molecule has 0 heterocycles. The molecule has 0 radical (unpaired) electrons. The number of carbonyl (C=O) groups is 1. The molecule has 0 rings (SSSR count). The zero-order valence-corrected chi connectivity index (χ0v) is 7.05. The van der Waals surface area contributed by atoms with Gasteiger partial charge in [-0.3, -0.25) is 0 Å². The van der Waals surface area contributed by atoms with Gasteiger partial charge in [-0.2, -0.15) is 0 Å². The van der Waals surface area contributed by atoms with Gasteiger partial charge in [-0.1, -0.05) is 32.9 Å². The molecule has 0 N–H and O–H groups in total. The maximum absolute atomic E-state index is 10.4. The van der Waals surface area contributed by atoms with Crippen LogP contribution in [0.2, 0.25) is 0 Å². The first kappa shape index (κ1) is 9.41. The number of carbonyl (C=O) groups excluding carboxylic acids is 1. The summed E-state index contributed by atoms with van der Waals surface area (Å²) in [6.45, 7) is 5.98. The Morgan fingerprint density at radius 2 is 1.90 bits per heavy atom. The van der Waals surface area contributed by atoms with Crippen molar-refractivity contribution in [3.8, 4) is 0 Å². The quantitative estimate of drug-likeness (QED) is 0.433. The number of hydrogen-bond acceptors (Lipinski definition) is 1. The Morgan fingerprint density at radius 1 is 1.30 bits per heavy atom. The van der Waals surface area contributed by atoms with Crippen molar-refractivity contribution in [2.75, 3.05) is 0 Å². The highest BCUT2D eigenvalue weighted by atomic mass is 16.1. The lowest BCUT2D eigenvalue weighted by Gasteiger charge is -2.12. The van der Waals surface area contributed by atoms with Crippen LogP contribution in [0.1, 0.15) is 33.6 Å². The molecule has 0 unspecified atom stereocenters. The van der Waals surface area contributed by atoms with Crippen LogP contribution in [0.25, 0.3) is 0 Å². The van der Waals surface area contributed by atoms with E-state index in [0.717, 1.165) is 19.1 Å². The monoisotopic (exact) mass is 140 g/mol. The van der Waals surface area contributed by atoms with Crippen LogP contribution in [0.5, 0.6) is 0 Å². The summed E-state index contributed by atoms with van der Waals surface area (Å²) < 4.78 is 0. The largest absolute Gasteiger partial charge is 0.303 e. The maximum atomic E-state index is 10.4. The van der Waals surface area contributed by atoms with Crippen LogP contribution in [-0.4, -0.2) is 6.29 Å². The summed E-state index contributed by atoms with van der Waals surface area (Å²) in [5, 5.41) is 0. The molecule has 0 spiro atoms. The molecule has 0 fully saturated rings. The van der Waals surface area contributed by atoms with Gasteiger partial charge in [0.1, 0.15) is 6.29 Å². The van der Waals surface area contributed by atoms with Gasteiger partial charge < -0.3 is 4.79 Å². The molecular weight excluding hydrogens is 124 g/mol. The van der Waals surface area contributed by atoms with Crippen LogP contribution in [0, 0.1) is 5.41 Å². The molecule has 0 aliphatic carbocycles. The highest BCUT2D eigenvalue weighted by molar-refractivity contribution is 5.58. The second kappa shape index (κ2) is 4.26. The maximum Gasteiger partial charge on any atom is 0.125 e. The van der Waals surface area contributed by atoms with Crippen LogP contribution in [0.15, 0.2) is 12.2 Å². The van der Waals surface area contributed by atoms with E-state index >= 15 is 0 Å². The average molecular weight is 140 g/mol. The minimum Gasteiger partial charge on any atom is -0.303 e. The van der Waals surface area contributed by atoms with Crippen molar-refractivity contribution in [3.05, 3.63) is 12.2 Å². The van der Waals surface area contributed by atoms with Crippen molar-refractivity contribution in [1.29, 1.82) is 0 Å². The van der Waals surface area contributed by atoms with Gasteiger partial charge in [0, 0.05) is 5.41 Å². The van der Waals surface area contributed by atoms with E-state index in [4.69, 9.17) is 0 Å². The summed E-state index contributed by atoms with van der Waals surface area (Å²) in [7, 11) is 0. The van der Waals surface area contributed by atoms with Crippen LogP contribution < -0.4 is 0 Å². The van der Waals surface area contributed by atoms with Crippen molar-refractivity contribution in [2.24, 2.45) is 5.41 Å². The van der Waals surface area contributed by atoms with Gasteiger partial charge in [-0.25, -0.2) is 0 Å². The minimum absolute atomic E-state index is 0.175. The van der Waals surface area contributed by atoms with Gasteiger partial charge in [0.2, 0.25) is 0 Å². The summed E-state index contributed by atoms with van der Waals surface area (Å²) in [5.74, 6) is 0. The Balaban J connectivity index is 3.66. The molecule has 0 aromatic rings. The highest BCUT2D eigenvalue weighted by Gasteiger charge is 2.12. The summed E-state index contributed by atoms with van der Waals surface area (Å²) in [5.41, 5.74) is -0.175. The van der Waals surface area contributed by atoms with Crippen LogP contribution >= 0.6 is 0 Å². The lowest BCUT2D eigenvalue weighted by atomic mass is 9.91. The van der Waals surface area contributed by atoms with E-state index in [-0.39, 0.29) is 5.41 Å². The number of hydrogen-bond donors (Lipinski definition) is 0. The summed E-state index contributed by atoms with van der Waals surface area (Å²) in [4.78, 5) is 10.4. The summed E-state index contributed by atoms with van der Waals surface area (Å²) in [6, 6.07) is 0. The lowest BCUT2D eigenvalue weighted by Crippen LogP contribution is -2.10. The van der Waals surface area contributed by atoms with Gasteiger partial charge in [0.25, 0.3) is 0 Å². The fourth-order valence-electron chi connectivity index (χ4n) is 0.602. The molecule has 0 amide bonds. The lowest BCUT2D eigenvalue weighted by molar-refractivity contribution is -0.114. The molecule has 0 aromatic carbocycles. The Morgan fingerprint density at radius 3 is 2.30 bits per heavy atom. The predicted molar refractivity (Wildman–Crippen MR) is 43.9 cm³/mol. The minimum atomic E-state index is -0.175. The van der Waals surface area contributed by atoms with Crippen LogP contribution in [-0.2, 0) is 4.79 Å². The Kier molecular flexibility index (Phi) is 4.01. The van der Waals surface area contributed by atoms with Gasteiger partial charge in [0.15, 0.2) is 0 Å². The topological polar surface area (TPSA) is 17.1 Å². The molecule has 0 saturated carbocycles. The van der Waals surface area contributed by atoms with Crippen molar-refractivity contribution >= 4 is 6.29 Å². The highest BCUT2D eigenvalue weighted by Crippen LogP contribution is 2.16. The van der Waals surface area contributed by atoms with Crippen LogP contribution in [0.4, 0.5) is 0 Å². The smallest absolute Gasteiger partial charge is 0.125 e. The van der Waals surface area contributed by atoms with Gasteiger partial charge >= 0.3 is 0 Å². The first-order valence-electron chi connectivity index (χ1n) is 3.73. The summed E-state index contributed by atoms with van der Waals surface area (Å²) in [6.07, 6.45) is 7.06. The Labute approximate surface area is 63.1 Å². The second-order valence-electron chi connectivity index (χ2n) is 3.19. The van der Waals surface area contributed by atoms with Gasteiger partial charge in [-0.15, -0.1) is 0 Å². The third-order valence-corrected chi connectivity index (χ3v) is 1.37. The molecule has 1 nitrogen and oxygen atoms in total. The molecule has 10 heavy (non-hydrogen) atoms. The SMILES string of the molecule is CCC=CCC(C)(C)C=O. The van der Waals surface area contributed by atoms with E-state index < -0.39 is 0 Å². The van der Waals surface area contributed by atoms with Crippen LogP contribution in [0.3, 0.4) is 0 Å². The molecule has 0 saturated heterocycles. The Hall–Kier alpha value is -0.590. The Bertz CT molecular complexity index is 123. The van der Waals surface area contributed by atoms with E-state index in [1.165, 1.54) is 0 Å². The van der Waals surface area contributed by atoms with Gasteiger partial charge in [0.05, 0.1) is 0 Å². The zero-order valence-electron chi connectivity index (χ0n) is 7.05. The zero-order chi connectivity index (χ0) is 8.04. The predicted octanol–water partition coefficient (Wildman–Crippen LogP) is 2.57. The van der Waals surface area contributed by atoms with Crippen molar-refractivity contribution in [3.63, 3.8) is 0 Å². The van der Waals surface area contributed by atoms with E-state index in [0.29, 0.717) is 0 Å². The number of aldehydes is 1. The third kappa shape index (κ3) is 4.30. The number of rotatable bonds is 4. The summed E-state index contributed by atoms with van der Waals surface area (Å²) >= 11 is 0. The number of allylic oxidation sites excluding steroid dienone is 2. The molecule has 0 atom stereocenters. The van der Waals surface area contributed by atoms with Gasteiger partial charge in [-0.05, 0) is 12.8 Å². The third-order valence-electron chi connectivity index (χ3n) is 1.37. The van der Waals surface area contributed by atoms with E-state index in [2.05, 4.69) is 19.1 Å². The van der Waals surface area contributed by atoms with E-state index in [9.17, 15) is 4.79 Å². The molecule has 58 valence electrons. The average Bonchev–Trinajstić information content (AvgIpc) is 1.89. The fourth-order valence-corrected chi connectivity index (χ4v) is 0.602. The molecular formula is C9H16O. The second-order valence-corrected chi connectivity index (χ2v) is 3.19. The first-order chi connectivity index (χ1) is 4.62. The fraction of sp³-hybridized carbons (Fsp3) is 0.667. The molecule has 0 aliphatic rings. The first-order valence-corrected chi connectivity index (χ1v) is 3.73. The van der Waals surface area contributed by atoms with E-state index in [1.54, 1.807) is 0 Å².